The van der Waals surface area contributed by atoms with Gasteiger partial charge in [0.2, 0.25) is 0 Å². The molecule has 1 aromatic heterocycles. The van der Waals surface area contributed by atoms with Crippen molar-refractivity contribution in [3.63, 3.8) is 0 Å². The van der Waals surface area contributed by atoms with E-state index in [1.807, 2.05) is 0 Å². The summed E-state index contributed by atoms with van der Waals surface area (Å²) in [5.74, 6) is 0.989. The molecule has 3 rings (SSSR count). The van der Waals surface area contributed by atoms with E-state index in [4.69, 9.17) is 16.3 Å². The molecule has 1 heterocycles. The van der Waals surface area contributed by atoms with E-state index >= 15 is 0 Å². The lowest BCUT2D eigenvalue weighted by atomic mass is 9.86. The van der Waals surface area contributed by atoms with Crippen molar-refractivity contribution in [1.82, 2.24) is 0 Å². The van der Waals surface area contributed by atoms with Crippen LogP contribution in [0.1, 0.15) is 35.8 Å². The van der Waals surface area contributed by atoms with Gasteiger partial charge in [0.1, 0.15) is 16.8 Å². The first-order chi connectivity index (χ1) is 12.1. The van der Waals surface area contributed by atoms with Crippen LogP contribution in [0, 0.1) is 17.2 Å². The Bertz CT molecular complexity index is 808. The zero-order valence-electron chi connectivity index (χ0n) is 14.0. The first-order valence-electron chi connectivity index (χ1n) is 8.33. The van der Waals surface area contributed by atoms with Crippen molar-refractivity contribution in [2.45, 2.75) is 32.6 Å². The number of carbonyl (C=O) groups excluding carboxylic acids is 1. The Kier molecular flexibility index (Phi) is 5.62. The summed E-state index contributed by atoms with van der Waals surface area (Å²) in [5, 5.41) is 13.6. The molecule has 1 N–H and O–H groups in total. The standard InChI is InChI=1S/C19H19ClN2O2S/c1-2-12-3-8-15-16(10-21)19(25-17(15)9-12)22-18(23)11-24-14-6-4-13(20)5-7-14/h4-7,12H,2-3,8-9,11H2,1H3,(H,22,23). The Labute approximate surface area is 156 Å². The van der Waals surface area contributed by atoms with Gasteiger partial charge in [-0.05, 0) is 55.0 Å². The summed E-state index contributed by atoms with van der Waals surface area (Å²) in [6.45, 7) is 2.10. The maximum absolute atomic E-state index is 12.2. The summed E-state index contributed by atoms with van der Waals surface area (Å²) in [5.41, 5.74) is 1.74. The molecule has 1 unspecified atom stereocenters. The molecule has 2 aromatic rings. The van der Waals surface area contributed by atoms with Crippen LogP contribution in [0.25, 0.3) is 0 Å². The summed E-state index contributed by atoms with van der Waals surface area (Å²) in [6.07, 6.45) is 4.19. The minimum atomic E-state index is -0.267. The average molecular weight is 375 g/mol. The number of nitrogens with one attached hydrogen (secondary N) is 1. The Hall–Kier alpha value is -2.03. The van der Waals surface area contributed by atoms with E-state index in [1.165, 1.54) is 16.2 Å². The molecule has 4 nitrogen and oxygen atoms in total. The minimum Gasteiger partial charge on any atom is -0.484 e. The van der Waals surface area contributed by atoms with Gasteiger partial charge in [0.25, 0.3) is 5.91 Å². The molecular formula is C19H19ClN2O2S. The third-order valence-corrected chi connectivity index (χ3v) is 5.91. The summed E-state index contributed by atoms with van der Waals surface area (Å²) < 4.78 is 5.46. The molecule has 1 aromatic carbocycles. The van der Waals surface area contributed by atoms with Crippen molar-refractivity contribution in [1.29, 1.82) is 5.26 Å². The van der Waals surface area contributed by atoms with E-state index in [0.29, 0.717) is 27.3 Å². The monoisotopic (exact) mass is 374 g/mol. The predicted octanol–water partition coefficient (Wildman–Crippen LogP) is 4.81. The Morgan fingerprint density at radius 3 is 2.88 bits per heavy atom. The maximum Gasteiger partial charge on any atom is 0.262 e. The lowest BCUT2D eigenvalue weighted by molar-refractivity contribution is -0.118. The Morgan fingerprint density at radius 2 is 2.20 bits per heavy atom. The summed E-state index contributed by atoms with van der Waals surface area (Å²) in [7, 11) is 0. The van der Waals surface area contributed by atoms with Gasteiger partial charge in [-0.15, -0.1) is 11.3 Å². The molecular weight excluding hydrogens is 356 g/mol. The second-order valence-electron chi connectivity index (χ2n) is 6.13. The number of rotatable bonds is 5. The van der Waals surface area contributed by atoms with Crippen molar-refractivity contribution >= 4 is 33.8 Å². The zero-order valence-corrected chi connectivity index (χ0v) is 15.5. The lowest BCUT2D eigenvalue weighted by Crippen LogP contribution is -2.20. The van der Waals surface area contributed by atoms with Crippen LogP contribution in [0.2, 0.25) is 5.02 Å². The fourth-order valence-corrected chi connectivity index (χ4v) is 4.51. The molecule has 0 saturated heterocycles. The van der Waals surface area contributed by atoms with Gasteiger partial charge in [0.05, 0.1) is 5.56 Å². The largest absolute Gasteiger partial charge is 0.484 e. The quantitative estimate of drug-likeness (QED) is 0.817. The molecule has 0 spiro atoms. The molecule has 0 aliphatic heterocycles. The molecule has 1 aliphatic carbocycles. The highest BCUT2D eigenvalue weighted by molar-refractivity contribution is 7.16. The smallest absolute Gasteiger partial charge is 0.262 e. The Morgan fingerprint density at radius 1 is 1.44 bits per heavy atom. The van der Waals surface area contributed by atoms with Gasteiger partial charge in [-0.1, -0.05) is 24.9 Å². The van der Waals surface area contributed by atoms with Gasteiger partial charge >= 0.3 is 0 Å². The zero-order chi connectivity index (χ0) is 17.8. The van der Waals surface area contributed by atoms with E-state index < -0.39 is 0 Å². The highest BCUT2D eigenvalue weighted by Crippen LogP contribution is 2.39. The van der Waals surface area contributed by atoms with Crippen molar-refractivity contribution in [3.8, 4) is 11.8 Å². The summed E-state index contributed by atoms with van der Waals surface area (Å²) in [4.78, 5) is 13.4. The maximum atomic E-state index is 12.2. The van der Waals surface area contributed by atoms with E-state index in [0.717, 1.165) is 31.2 Å². The summed E-state index contributed by atoms with van der Waals surface area (Å²) >= 11 is 7.35. The lowest BCUT2D eigenvalue weighted by Gasteiger charge is -2.20. The third kappa shape index (κ3) is 4.15. The molecule has 130 valence electrons. The fraction of sp³-hybridized carbons (Fsp3) is 0.368. The van der Waals surface area contributed by atoms with E-state index in [2.05, 4.69) is 18.3 Å². The van der Waals surface area contributed by atoms with Crippen molar-refractivity contribution in [2.75, 3.05) is 11.9 Å². The molecule has 0 bridgehead atoms. The van der Waals surface area contributed by atoms with Crippen LogP contribution in [-0.4, -0.2) is 12.5 Å². The predicted molar refractivity (Wildman–Crippen MR) is 100 cm³/mol. The number of anilines is 1. The Balaban J connectivity index is 1.66. The highest BCUT2D eigenvalue weighted by atomic mass is 35.5. The number of thiophene rings is 1. The molecule has 0 radical (unpaired) electrons. The van der Waals surface area contributed by atoms with Crippen molar-refractivity contribution in [2.24, 2.45) is 5.92 Å². The van der Waals surface area contributed by atoms with Crippen LogP contribution < -0.4 is 10.1 Å². The molecule has 1 aliphatic rings. The van der Waals surface area contributed by atoms with Crippen LogP contribution in [0.5, 0.6) is 5.75 Å². The van der Waals surface area contributed by atoms with Gasteiger partial charge in [0, 0.05) is 9.90 Å². The molecule has 0 saturated carbocycles. The third-order valence-electron chi connectivity index (χ3n) is 4.49. The number of hydrogen-bond donors (Lipinski definition) is 1. The van der Waals surface area contributed by atoms with Gasteiger partial charge in [-0.25, -0.2) is 0 Å². The number of hydrogen-bond acceptors (Lipinski definition) is 4. The highest BCUT2D eigenvalue weighted by Gasteiger charge is 2.25. The molecule has 1 atom stereocenters. The van der Waals surface area contributed by atoms with Gasteiger partial charge in [-0.2, -0.15) is 5.26 Å². The van der Waals surface area contributed by atoms with Crippen molar-refractivity contribution in [3.05, 3.63) is 45.3 Å². The number of ether oxygens (including phenoxy) is 1. The molecule has 0 fully saturated rings. The van der Waals surface area contributed by atoms with E-state index in [-0.39, 0.29) is 12.5 Å². The van der Waals surface area contributed by atoms with Crippen LogP contribution >= 0.6 is 22.9 Å². The van der Waals surface area contributed by atoms with E-state index in [1.54, 1.807) is 24.3 Å². The van der Waals surface area contributed by atoms with E-state index in [9.17, 15) is 10.1 Å². The SMILES string of the molecule is CCC1CCc2c(sc(NC(=O)COc3ccc(Cl)cc3)c2C#N)C1. The second kappa shape index (κ2) is 7.90. The number of amides is 1. The van der Waals surface area contributed by atoms with Crippen molar-refractivity contribution < 1.29 is 9.53 Å². The average Bonchev–Trinajstić information content (AvgIpc) is 2.97. The number of halogens is 1. The minimum absolute atomic E-state index is 0.105. The first-order valence-corrected chi connectivity index (χ1v) is 9.53. The van der Waals surface area contributed by atoms with Crippen LogP contribution in [0.3, 0.4) is 0 Å². The normalized spacial score (nSPS) is 16.0. The van der Waals surface area contributed by atoms with Crippen LogP contribution in [-0.2, 0) is 17.6 Å². The number of benzene rings is 1. The number of nitrogens with zero attached hydrogens (tertiary/aromatic N) is 1. The second-order valence-corrected chi connectivity index (χ2v) is 7.67. The molecule has 6 heteroatoms. The summed E-state index contributed by atoms with van der Waals surface area (Å²) in [6, 6.07) is 9.11. The molecule has 25 heavy (non-hydrogen) atoms. The van der Waals surface area contributed by atoms with Crippen LogP contribution in [0.4, 0.5) is 5.00 Å². The molecule has 1 amide bonds. The van der Waals surface area contributed by atoms with Gasteiger partial charge < -0.3 is 10.1 Å². The van der Waals surface area contributed by atoms with Crippen LogP contribution in [0.15, 0.2) is 24.3 Å². The van der Waals surface area contributed by atoms with Gasteiger partial charge in [-0.3, -0.25) is 4.79 Å². The number of carbonyl (C=O) groups is 1. The number of nitriles is 1. The first kappa shape index (κ1) is 17.8. The number of fused-ring (bicyclic) bond motifs is 1. The van der Waals surface area contributed by atoms with Gasteiger partial charge in [0.15, 0.2) is 6.61 Å². The fourth-order valence-electron chi connectivity index (χ4n) is 3.05. The topological polar surface area (TPSA) is 62.1 Å².